The van der Waals surface area contributed by atoms with E-state index in [0.29, 0.717) is 6.54 Å². The summed E-state index contributed by atoms with van der Waals surface area (Å²) in [6.07, 6.45) is 0. The summed E-state index contributed by atoms with van der Waals surface area (Å²) in [5.74, 6) is -0.0973. The van der Waals surface area contributed by atoms with Crippen molar-refractivity contribution in [2.75, 3.05) is 14.2 Å². The van der Waals surface area contributed by atoms with Crippen LogP contribution in [0.2, 0.25) is 0 Å². The van der Waals surface area contributed by atoms with E-state index in [2.05, 4.69) is 15.9 Å². The summed E-state index contributed by atoms with van der Waals surface area (Å²) in [7, 11) is 3.15. The average Bonchev–Trinajstić information content (AvgIpc) is 2.49. The molecule has 0 aliphatic heterocycles. The lowest BCUT2D eigenvalue weighted by molar-refractivity contribution is 0.0781. The fraction of sp³-hybridized carbons (Fsp3) is 0.188. The van der Waals surface area contributed by atoms with E-state index in [1.165, 1.54) is 7.11 Å². The number of benzene rings is 2. The number of hydrogen-bond acceptors (Lipinski definition) is 3. The maximum atomic E-state index is 12.4. The number of carbonyl (C=O) groups excluding carboxylic acids is 1. The van der Waals surface area contributed by atoms with Gasteiger partial charge in [-0.25, -0.2) is 0 Å². The van der Waals surface area contributed by atoms with Crippen molar-refractivity contribution in [3.63, 3.8) is 0 Å². The molecule has 0 saturated heterocycles. The molecule has 0 radical (unpaired) electrons. The largest absolute Gasteiger partial charge is 0.504 e. The third-order valence-corrected chi connectivity index (χ3v) is 3.66. The first-order valence-corrected chi connectivity index (χ1v) is 7.18. The minimum Gasteiger partial charge on any atom is -0.504 e. The number of halogens is 1. The van der Waals surface area contributed by atoms with Crippen LogP contribution in [0, 0.1) is 0 Å². The number of rotatable bonds is 4. The van der Waals surface area contributed by atoms with Crippen molar-refractivity contribution in [2.24, 2.45) is 0 Å². The molecule has 0 heterocycles. The Kier molecular flexibility index (Phi) is 4.85. The van der Waals surface area contributed by atoms with Crippen LogP contribution < -0.4 is 4.74 Å². The van der Waals surface area contributed by atoms with Crippen molar-refractivity contribution in [3.05, 3.63) is 58.1 Å². The van der Waals surface area contributed by atoms with E-state index in [1.807, 2.05) is 24.3 Å². The predicted octanol–water partition coefficient (Wildman–Crippen LogP) is 3.44. The molecule has 0 unspecified atom stereocenters. The highest BCUT2D eigenvalue weighted by molar-refractivity contribution is 9.10. The quantitative estimate of drug-likeness (QED) is 0.919. The zero-order valence-electron chi connectivity index (χ0n) is 11.8. The van der Waals surface area contributed by atoms with Gasteiger partial charge in [0.05, 0.1) is 12.7 Å². The van der Waals surface area contributed by atoms with E-state index in [1.54, 1.807) is 30.1 Å². The maximum Gasteiger partial charge on any atom is 0.257 e. The zero-order valence-corrected chi connectivity index (χ0v) is 13.4. The highest BCUT2D eigenvalue weighted by Crippen LogP contribution is 2.30. The molecule has 1 amide bonds. The van der Waals surface area contributed by atoms with E-state index in [4.69, 9.17) is 4.74 Å². The van der Waals surface area contributed by atoms with Crippen LogP contribution in [0.3, 0.4) is 0 Å². The Balaban J connectivity index is 2.17. The lowest BCUT2D eigenvalue weighted by atomic mass is 10.1. The number of hydrogen-bond donors (Lipinski definition) is 1. The summed E-state index contributed by atoms with van der Waals surface area (Å²) in [6.45, 7) is 0.461. The van der Waals surface area contributed by atoms with Crippen molar-refractivity contribution < 1.29 is 14.6 Å². The Morgan fingerprint density at radius 2 is 1.90 bits per heavy atom. The van der Waals surface area contributed by atoms with Gasteiger partial charge in [0.2, 0.25) is 0 Å². The lowest BCUT2D eigenvalue weighted by Crippen LogP contribution is -2.26. The van der Waals surface area contributed by atoms with Gasteiger partial charge in [0, 0.05) is 18.1 Å². The number of amides is 1. The predicted molar refractivity (Wildman–Crippen MR) is 84.6 cm³/mol. The van der Waals surface area contributed by atoms with Gasteiger partial charge >= 0.3 is 0 Å². The highest BCUT2D eigenvalue weighted by atomic mass is 79.9. The van der Waals surface area contributed by atoms with Crippen LogP contribution in [-0.2, 0) is 6.54 Å². The molecule has 0 bridgehead atoms. The molecule has 21 heavy (non-hydrogen) atoms. The molecule has 0 fully saturated rings. The SMILES string of the molecule is COc1cccc(C(=O)N(C)Cc2ccc(Br)cc2)c1O. The van der Waals surface area contributed by atoms with Gasteiger partial charge in [-0.2, -0.15) is 0 Å². The topological polar surface area (TPSA) is 49.8 Å². The number of phenols is 1. The number of aromatic hydroxyl groups is 1. The molecule has 0 aromatic heterocycles. The maximum absolute atomic E-state index is 12.4. The molecule has 4 nitrogen and oxygen atoms in total. The molecule has 0 aliphatic carbocycles. The number of phenolic OH excluding ortho intramolecular Hbond substituents is 1. The van der Waals surface area contributed by atoms with Crippen LogP contribution >= 0.6 is 15.9 Å². The molecule has 1 N–H and O–H groups in total. The van der Waals surface area contributed by atoms with Crippen LogP contribution in [0.4, 0.5) is 0 Å². The molecular formula is C16H16BrNO3. The summed E-state index contributed by atoms with van der Waals surface area (Å²) in [4.78, 5) is 14.0. The van der Waals surface area contributed by atoms with Gasteiger partial charge in [-0.05, 0) is 29.8 Å². The minimum absolute atomic E-state index is 0.132. The van der Waals surface area contributed by atoms with E-state index in [0.717, 1.165) is 10.0 Å². The average molecular weight is 350 g/mol. The van der Waals surface area contributed by atoms with Crippen molar-refractivity contribution in [2.45, 2.75) is 6.54 Å². The van der Waals surface area contributed by atoms with E-state index >= 15 is 0 Å². The van der Waals surface area contributed by atoms with Crippen LogP contribution in [0.1, 0.15) is 15.9 Å². The van der Waals surface area contributed by atoms with Crippen molar-refractivity contribution in [3.8, 4) is 11.5 Å². The Labute approximate surface area is 132 Å². The van der Waals surface area contributed by atoms with E-state index in [-0.39, 0.29) is 23.0 Å². The fourth-order valence-corrected chi connectivity index (χ4v) is 2.27. The summed E-state index contributed by atoms with van der Waals surface area (Å²) in [6, 6.07) is 12.6. The molecular weight excluding hydrogens is 334 g/mol. The molecule has 0 spiro atoms. The second-order valence-electron chi connectivity index (χ2n) is 4.64. The number of methoxy groups -OCH3 is 1. The Morgan fingerprint density at radius 1 is 1.24 bits per heavy atom. The first-order chi connectivity index (χ1) is 10.0. The Hall–Kier alpha value is -2.01. The zero-order chi connectivity index (χ0) is 15.4. The van der Waals surface area contributed by atoms with Crippen molar-refractivity contribution in [1.29, 1.82) is 0 Å². The number of nitrogens with zero attached hydrogens (tertiary/aromatic N) is 1. The first-order valence-electron chi connectivity index (χ1n) is 6.39. The van der Waals surface area contributed by atoms with Gasteiger partial charge in [-0.3, -0.25) is 4.79 Å². The number of ether oxygens (including phenoxy) is 1. The molecule has 110 valence electrons. The number of carbonyl (C=O) groups is 1. The van der Waals surface area contributed by atoms with E-state index < -0.39 is 0 Å². The van der Waals surface area contributed by atoms with Gasteiger partial charge in [0.25, 0.3) is 5.91 Å². The van der Waals surface area contributed by atoms with Gasteiger partial charge in [-0.1, -0.05) is 34.1 Å². The minimum atomic E-state index is -0.255. The molecule has 0 saturated carbocycles. The van der Waals surface area contributed by atoms with Gasteiger partial charge in [0.15, 0.2) is 11.5 Å². The highest BCUT2D eigenvalue weighted by Gasteiger charge is 2.18. The summed E-state index contributed by atoms with van der Waals surface area (Å²) < 4.78 is 6.01. The van der Waals surface area contributed by atoms with Crippen molar-refractivity contribution in [1.82, 2.24) is 4.90 Å². The third kappa shape index (κ3) is 3.55. The molecule has 2 aromatic rings. The van der Waals surface area contributed by atoms with E-state index in [9.17, 15) is 9.90 Å². The van der Waals surface area contributed by atoms with Crippen LogP contribution in [0.25, 0.3) is 0 Å². The lowest BCUT2D eigenvalue weighted by Gasteiger charge is -2.18. The Morgan fingerprint density at radius 3 is 2.52 bits per heavy atom. The molecule has 2 rings (SSSR count). The van der Waals surface area contributed by atoms with Gasteiger partial charge in [0.1, 0.15) is 0 Å². The molecule has 0 atom stereocenters. The molecule has 2 aromatic carbocycles. The van der Waals surface area contributed by atoms with Crippen LogP contribution in [0.5, 0.6) is 11.5 Å². The second-order valence-corrected chi connectivity index (χ2v) is 5.56. The third-order valence-electron chi connectivity index (χ3n) is 3.13. The fourth-order valence-electron chi connectivity index (χ4n) is 2.00. The van der Waals surface area contributed by atoms with Crippen LogP contribution in [-0.4, -0.2) is 30.1 Å². The summed E-state index contributed by atoms with van der Waals surface area (Å²) >= 11 is 3.38. The number of para-hydroxylation sites is 1. The van der Waals surface area contributed by atoms with Crippen LogP contribution in [0.15, 0.2) is 46.9 Å². The molecule has 5 heteroatoms. The van der Waals surface area contributed by atoms with Gasteiger partial charge in [-0.15, -0.1) is 0 Å². The summed E-state index contributed by atoms with van der Waals surface area (Å²) in [5.41, 5.74) is 1.24. The normalized spacial score (nSPS) is 10.2. The summed E-state index contributed by atoms with van der Waals surface area (Å²) in [5, 5.41) is 10.0. The van der Waals surface area contributed by atoms with Crippen molar-refractivity contribution >= 4 is 21.8 Å². The van der Waals surface area contributed by atoms with Gasteiger partial charge < -0.3 is 14.7 Å². The monoisotopic (exact) mass is 349 g/mol. The molecule has 0 aliphatic rings. The standard InChI is InChI=1S/C16H16BrNO3/c1-18(10-11-6-8-12(17)9-7-11)16(20)13-4-3-5-14(21-2)15(13)19/h3-9,19H,10H2,1-2H3. The second kappa shape index (κ2) is 6.63. The first kappa shape index (κ1) is 15.4. The Bertz CT molecular complexity index is 640. The smallest absolute Gasteiger partial charge is 0.257 e.